The van der Waals surface area contributed by atoms with Crippen LogP contribution in [0, 0.1) is 5.82 Å². The highest BCUT2D eigenvalue weighted by molar-refractivity contribution is 6.34. The molecule has 0 amide bonds. The normalized spacial score (nSPS) is 23.4. The fraction of sp³-hybridized carbons (Fsp3) is 0.417. The largest absolute Gasteiger partial charge is 0.464 e. The molecule has 86 valence electrons. The number of carbonyl (C=O) groups is 1. The number of aryl methyl sites for hydroxylation is 1. The van der Waals surface area contributed by atoms with Crippen molar-refractivity contribution in [1.82, 2.24) is 0 Å². The lowest BCUT2D eigenvalue weighted by Gasteiger charge is -2.32. The average molecular weight is 243 g/mol. The third-order valence-electron chi connectivity index (χ3n) is 2.75. The number of fused-ring (bicyclic) bond motifs is 1. The van der Waals surface area contributed by atoms with E-state index < -0.39 is 5.06 Å². The summed E-state index contributed by atoms with van der Waals surface area (Å²) in [5.41, 5.74) is 0.764. The van der Waals surface area contributed by atoms with Crippen LogP contribution in [-0.2, 0) is 11.2 Å². The molecule has 16 heavy (non-hydrogen) atoms. The first kappa shape index (κ1) is 11.4. The predicted molar refractivity (Wildman–Crippen MR) is 59.2 cm³/mol. The molecule has 1 heterocycles. The van der Waals surface area contributed by atoms with Crippen LogP contribution in [0.4, 0.5) is 4.39 Å². The van der Waals surface area contributed by atoms with Crippen molar-refractivity contribution < 1.29 is 13.9 Å². The Hall–Kier alpha value is -1.09. The minimum atomic E-state index is -1.26. The van der Waals surface area contributed by atoms with E-state index in [-0.39, 0.29) is 11.6 Å². The minimum absolute atomic E-state index is 0.135. The van der Waals surface area contributed by atoms with Gasteiger partial charge in [0, 0.05) is 12.8 Å². The summed E-state index contributed by atoms with van der Waals surface area (Å²) >= 11 is 6.13. The van der Waals surface area contributed by atoms with E-state index >= 15 is 0 Å². The van der Waals surface area contributed by atoms with Crippen molar-refractivity contribution >= 4 is 17.4 Å². The highest BCUT2D eigenvalue weighted by Gasteiger charge is 2.40. The van der Waals surface area contributed by atoms with Crippen molar-refractivity contribution in [2.24, 2.45) is 0 Å². The molecule has 0 bridgehead atoms. The zero-order valence-electron chi connectivity index (χ0n) is 8.93. The lowest BCUT2D eigenvalue weighted by atomic mass is 9.98. The first-order chi connectivity index (χ1) is 7.55. The zero-order valence-corrected chi connectivity index (χ0v) is 9.68. The molecule has 0 fully saturated rings. The van der Waals surface area contributed by atoms with E-state index in [0.717, 1.165) is 5.56 Å². The summed E-state index contributed by atoms with van der Waals surface area (Å²) in [4.78, 5) is 11.6. The summed E-state index contributed by atoms with van der Waals surface area (Å²) in [5.74, 6) is 0.0693. The van der Waals surface area contributed by atoms with Crippen LogP contribution in [0.3, 0.4) is 0 Å². The number of hydrogen-bond acceptors (Lipinski definition) is 2. The number of halogens is 2. The molecule has 0 saturated carbocycles. The van der Waals surface area contributed by atoms with E-state index in [1.165, 1.54) is 18.2 Å². The van der Waals surface area contributed by atoms with Gasteiger partial charge in [-0.2, -0.15) is 0 Å². The average Bonchev–Trinajstić information content (AvgIpc) is 2.28. The Kier molecular flexibility index (Phi) is 2.89. The van der Waals surface area contributed by atoms with Gasteiger partial charge in [0.2, 0.25) is 5.06 Å². The number of ether oxygens (including phenoxy) is 1. The Bertz CT molecular complexity index is 433. The molecule has 0 aromatic heterocycles. The maximum Gasteiger partial charge on any atom is 0.240 e. The van der Waals surface area contributed by atoms with E-state index in [4.69, 9.17) is 16.3 Å². The van der Waals surface area contributed by atoms with Crippen molar-refractivity contribution in [3.8, 4) is 5.75 Å². The maximum atomic E-state index is 13.0. The molecule has 0 saturated heterocycles. The van der Waals surface area contributed by atoms with Crippen molar-refractivity contribution in [3.63, 3.8) is 0 Å². The fourth-order valence-electron chi connectivity index (χ4n) is 1.82. The van der Waals surface area contributed by atoms with E-state index in [0.29, 0.717) is 25.0 Å². The van der Waals surface area contributed by atoms with Gasteiger partial charge in [-0.05, 0) is 30.2 Å². The SMILES string of the molecule is CCC(=O)[C@]1(Cl)CCc2cc(F)ccc2O1. The molecule has 1 atom stereocenters. The van der Waals surface area contributed by atoms with E-state index in [1.807, 2.05) is 0 Å². The van der Waals surface area contributed by atoms with Crippen LogP contribution in [0.1, 0.15) is 25.3 Å². The first-order valence-electron chi connectivity index (χ1n) is 5.25. The lowest BCUT2D eigenvalue weighted by Crippen LogP contribution is -2.41. The summed E-state index contributed by atoms with van der Waals surface area (Å²) in [6.45, 7) is 1.75. The molecular weight excluding hydrogens is 231 g/mol. The van der Waals surface area contributed by atoms with Gasteiger partial charge in [-0.15, -0.1) is 0 Å². The number of carbonyl (C=O) groups excluding carboxylic acids is 1. The molecule has 0 aliphatic carbocycles. The quantitative estimate of drug-likeness (QED) is 0.745. The predicted octanol–water partition coefficient (Wildman–Crippen LogP) is 3.06. The van der Waals surface area contributed by atoms with Crippen LogP contribution in [-0.4, -0.2) is 10.8 Å². The van der Waals surface area contributed by atoms with Crippen molar-refractivity contribution in [2.45, 2.75) is 31.2 Å². The van der Waals surface area contributed by atoms with Gasteiger partial charge in [0.1, 0.15) is 11.6 Å². The molecule has 0 N–H and O–H groups in total. The summed E-state index contributed by atoms with van der Waals surface area (Å²) in [5, 5.41) is -1.26. The Balaban J connectivity index is 2.30. The monoisotopic (exact) mass is 242 g/mol. The molecule has 0 spiro atoms. The van der Waals surface area contributed by atoms with E-state index in [9.17, 15) is 9.18 Å². The summed E-state index contributed by atoms with van der Waals surface area (Å²) in [6, 6.07) is 4.24. The second-order valence-corrected chi connectivity index (χ2v) is 4.47. The van der Waals surface area contributed by atoms with Gasteiger partial charge >= 0.3 is 0 Å². The number of Topliss-reactive ketones (excluding diaryl/α,β-unsaturated/α-hetero) is 1. The Morgan fingerprint density at radius 1 is 1.62 bits per heavy atom. The van der Waals surface area contributed by atoms with Gasteiger partial charge in [-0.3, -0.25) is 4.79 Å². The third-order valence-corrected chi connectivity index (χ3v) is 3.22. The molecule has 1 aliphatic heterocycles. The van der Waals surface area contributed by atoms with Gasteiger partial charge in [0.25, 0.3) is 0 Å². The van der Waals surface area contributed by atoms with Gasteiger partial charge in [-0.1, -0.05) is 18.5 Å². The van der Waals surface area contributed by atoms with Crippen molar-refractivity contribution in [3.05, 3.63) is 29.6 Å². The Morgan fingerprint density at radius 2 is 2.38 bits per heavy atom. The second-order valence-electron chi connectivity index (χ2n) is 3.86. The van der Waals surface area contributed by atoms with Crippen LogP contribution in [0.15, 0.2) is 18.2 Å². The molecule has 2 nitrogen and oxygen atoms in total. The minimum Gasteiger partial charge on any atom is -0.464 e. The third kappa shape index (κ3) is 1.92. The fourth-order valence-corrected chi connectivity index (χ4v) is 2.14. The lowest BCUT2D eigenvalue weighted by molar-refractivity contribution is -0.129. The first-order valence-corrected chi connectivity index (χ1v) is 5.62. The molecule has 1 aromatic rings. The van der Waals surface area contributed by atoms with Gasteiger partial charge in [-0.25, -0.2) is 4.39 Å². The van der Waals surface area contributed by atoms with Gasteiger partial charge < -0.3 is 4.74 Å². The number of alkyl halides is 1. The van der Waals surface area contributed by atoms with Crippen molar-refractivity contribution in [2.75, 3.05) is 0 Å². The van der Waals surface area contributed by atoms with E-state index in [1.54, 1.807) is 6.92 Å². The molecular formula is C12H12ClFO2. The van der Waals surface area contributed by atoms with Crippen LogP contribution in [0.5, 0.6) is 5.75 Å². The van der Waals surface area contributed by atoms with Crippen LogP contribution >= 0.6 is 11.6 Å². The van der Waals surface area contributed by atoms with Crippen LogP contribution in [0.25, 0.3) is 0 Å². The highest BCUT2D eigenvalue weighted by atomic mass is 35.5. The Morgan fingerprint density at radius 3 is 3.06 bits per heavy atom. The molecule has 0 radical (unpaired) electrons. The summed E-state index contributed by atoms with van der Waals surface area (Å²) < 4.78 is 18.4. The zero-order chi connectivity index (χ0) is 11.8. The number of benzene rings is 1. The van der Waals surface area contributed by atoms with E-state index in [2.05, 4.69) is 0 Å². The Labute approximate surface area is 98.4 Å². The van der Waals surface area contributed by atoms with Crippen LogP contribution in [0.2, 0.25) is 0 Å². The summed E-state index contributed by atoms with van der Waals surface area (Å²) in [7, 11) is 0. The topological polar surface area (TPSA) is 26.3 Å². The standard InChI is InChI=1S/C12H12ClFO2/c1-2-11(15)12(13)6-5-8-7-9(14)3-4-10(8)16-12/h3-4,7H,2,5-6H2,1H3/t12-/m0/s1. The number of hydrogen-bond donors (Lipinski definition) is 0. The molecule has 4 heteroatoms. The second kappa shape index (κ2) is 4.06. The molecule has 0 unspecified atom stereocenters. The number of rotatable bonds is 2. The van der Waals surface area contributed by atoms with Crippen LogP contribution < -0.4 is 4.74 Å². The van der Waals surface area contributed by atoms with Gasteiger partial charge in [0.15, 0.2) is 5.78 Å². The van der Waals surface area contributed by atoms with Crippen molar-refractivity contribution in [1.29, 1.82) is 0 Å². The smallest absolute Gasteiger partial charge is 0.240 e. The highest BCUT2D eigenvalue weighted by Crippen LogP contribution is 2.37. The maximum absolute atomic E-state index is 13.0. The molecule has 2 rings (SSSR count). The number of ketones is 1. The van der Waals surface area contributed by atoms with Gasteiger partial charge in [0.05, 0.1) is 0 Å². The molecule has 1 aromatic carbocycles. The summed E-state index contributed by atoms with van der Waals surface area (Å²) in [6.07, 6.45) is 1.28. The molecule has 1 aliphatic rings.